The fourth-order valence-electron chi connectivity index (χ4n) is 6.14. The molecule has 9 nitrogen and oxygen atoms in total. The van der Waals surface area contributed by atoms with Crippen molar-refractivity contribution >= 4 is 18.6 Å². The second-order valence-electron chi connectivity index (χ2n) is 13.4. The van der Waals surface area contributed by atoms with Gasteiger partial charge in [-0.3, -0.25) is 4.57 Å². The molecule has 1 atom stereocenters. The Morgan fingerprint density at radius 3 is 2.02 bits per heavy atom. The summed E-state index contributed by atoms with van der Waals surface area (Å²) in [5, 5.41) is 3.43. The van der Waals surface area contributed by atoms with Crippen LogP contribution in [0.1, 0.15) is 141 Å². The molecule has 0 spiro atoms. The van der Waals surface area contributed by atoms with E-state index < -0.39 is 7.60 Å². The van der Waals surface area contributed by atoms with Gasteiger partial charge in [0.05, 0.1) is 24.9 Å². The number of fused-ring (bicyclic) bond motifs is 1. The zero-order valence-corrected chi connectivity index (χ0v) is 32.2. The Morgan fingerprint density at radius 2 is 1.36 bits per heavy atom. The van der Waals surface area contributed by atoms with E-state index in [9.17, 15) is 4.57 Å². The minimum Gasteiger partial charge on any atom is -0.471 e. The van der Waals surface area contributed by atoms with Crippen LogP contribution in [0, 0.1) is 0 Å². The Balaban J connectivity index is 1.15. The normalized spacial score (nSPS) is 12.8. The average molecular weight is 715 g/mol. The number of H-pyrrole nitrogens is 1. The van der Waals surface area contributed by atoms with E-state index in [1.807, 2.05) is 43.5 Å². The molecule has 1 aromatic carbocycles. The summed E-state index contributed by atoms with van der Waals surface area (Å²) >= 11 is 0. The van der Waals surface area contributed by atoms with Gasteiger partial charge in [-0.25, -0.2) is 4.98 Å². The summed E-state index contributed by atoms with van der Waals surface area (Å²) in [5.74, 6) is 0.533. The van der Waals surface area contributed by atoms with Gasteiger partial charge in [0.15, 0.2) is 0 Å². The summed E-state index contributed by atoms with van der Waals surface area (Å²) in [5.41, 5.74) is 3.71. The maximum absolute atomic E-state index is 13.2. The van der Waals surface area contributed by atoms with Crippen molar-refractivity contribution in [3.05, 3.63) is 54.0 Å². The molecular formula is C40H67N4O5P. The molecule has 0 aliphatic heterocycles. The molecule has 2 aromatic heterocycles. The second kappa shape index (κ2) is 27.4. The molecule has 2 heterocycles. The highest BCUT2D eigenvalue weighted by Crippen LogP contribution is 2.48. The molecule has 0 bridgehead atoms. The lowest BCUT2D eigenvalue weighted by Gasteiger charge is -2.18. The molecule has 0 fully saturated rings. The third kappa shape index (κ3) is 18.3. The number of hydrogen-bond donors (Lipinski definition) is 2. The summed E-state index contributed by atoms with van der Waals surface area (Å²) in [7, 11) is -3.13. The molecule has 0 saturated carbocycles. The maximum atomic E-state index is 13.2. The van der Waals surface area contributed by atoms with Crippen LogP contribution in [-0.2, 0) is 31.5 Å². The fourth-order valence-corrected chi connectivity index (χ4v) is 7.82. The van der Waals surface area contributed by atoms with Crippen molar-refractivity contribution in [1.82, 2.24) is 20.3 Å². The number of ether oxygens (including phenoxy) is 2. The van der Waals surface area contributed by atoms with Gasteiger partial charge >= 0.3 is 7.60 Å². The first-order valence-electron chi connectivity index (χ1n) is 19.8. The Morgan fingerprint density at radius 1 is 0.720 bits per heavy atom. The zero-order valence-electron chi connectivity index (χ0n) is 31.3. The molecule has 0 aliphatic rings. The number of unbranched alkanes of at least 4 members (excludes halogenated alkanes) is 15. The van der Waals surface area contributed by atoms with Crippen LogP contribution >= 0.6 is 7.60 Å². The summed E-state index contributed by atoms with van der Waals surface area (Å²) < 4.78 is 36.4. The van der Waals surface area contributed by atoms with Gasteiger partial charge in [0.2, 0.25) is 5.88 Å². The van der Waals surface area contributed by atoms with Crippen molar-refractivity contribution in [3.8, 4) is 5.88 Å². The van der Waals surface area contributed by atoms with Gasteiger partial charge in [-0.05, 0) is 38.3 Å². The van der Waals surface area contributed by atoms with E-state index in [1.165, 1.54) is 103 Å². The molecule has 50 heavy (non-hydrogen) atoms. The van der Waals surface area contributed by atoms with E-state index in [0.29, 0.717) is 64.4 Å². The topological polar surface area (TPSA) is 108 Å². The van der Waals surface area contributed by atoms with E-state index in [2.05, 4.69) is 27.2 Å². The molecule has 0 amide bonds. The lowest BCUT2D eigenvalue weighted by atomic mass is 10.0. The van der Waals surface area contributed by atoms with Gasteiger partial charge in [0.25, 0.3) is 0 Å². The van der Waals surface area contributed by atoms with Crippen molar-refractivity contribution in [1.29, 1.82) is 0 Å². The Hall–Kier alpha value is -2.29. The molecule has 0 aliphatic carbocycles. The van der Waals surface area contributed by atoms with Crippen molar-refractivity contribution in [2.75, 3.05) is 39.1 Å². The molecule has 282 valence electrons. The lowest BCUT2D eigenvalue weighted by Crippen LogP contribution is -2.16. The number of rotatable bonds is 33. The first-order valence-corrected chi connectivity index (χ1v) is 21.5. The molecule has 0 saturated heterocycles. The summed E-state index contributed by atoms with van der Waals surface area (Å²) in [6.07, 6.45) is 27.2. The summed E-state index contributed by atoms with van der Waals surface area (Å²) in [4.78, 5) is 12.0. The number of nitrogens with one attached hydrogen (secondary N) is 2. The molecule has 3 rings (SSSR count). The summed E-state index contributed by atoms with van der Waals surface area (Å²) in [6.45, 7) is 8.03. The first-order chi connectivity index (χ1) is 24.6. The zero-order chi connectivity index (χ0) is 35.4. The third-order valence-electron chi connectivity index (χ3n) is 9.02. The Kier molecular flexibility index (Phi) is 23.1. The number of benzene rings is 1. The minimum atomic E-state index is -3.13. The number of aromatic amines is 1. The molecule has 0 radical (unpaired) electrons. The highest BCUT2D eigenvalue weighted by Gasteiger charge is 2.23. The van der Waals surface area contributed by atoms with E-state index in [-0.39, 0.29) is 0 Å². The predicted molar refractivity (Wildman–Crippen MR) is 206 cm³/mol. The van der Waals surface area contributed by atoms with Crippen molar-refractivity contribution in [2.45, 2.75) is 143 Å². The lowest BCUT2D eigenvalue weighted by molar-refractivity contribution is 0.111. The van der Waals surface area contributed by atoms with Gasteiger partial charge in [-0.1, -0.05) is 134 Å². The molecule has 1 unspecified atom stereocenters. The highest BCUT2D eigenvalue weighted by atomic mass is 31.2. The Labute approximate surface area is 303 Å². The van der Waals surface area contributed by atoms with Gasteiger partial charge in [-0.15, -0.1) is 0 Å². The molecular weight excluding hydrogens is 647 g/mol. The molecule has 2 N–H and O–H groups in total. The number of nitrogens with zero attached hydrogens (tertiary/aromatic N) is 2. The van der Waals surface area contributed by atoms with Gasteiger partial charge < -0.3 is 28.8 Å². The monoisotopic (exact) mass is 714 g/mol. The van der Waals surface area contributed by atoms with Crippen LogP contribution in [0.4, 0.5) is 0 Å². The van der Waals surface area contributed by atoms with E-state index >= 15 is 0 Å². The maximum Gasteiger partial charge on any atom is 0.330 e. The van der Waals surface area contributed by atoms with Crippen LogP contribution < -0.4 is 10.1 Å². The molecule has 3 aromatic rings. The van der Waals surface area contributed by atoms with Crippen LogP contribution in [0.15, 0.2) is 42.9 Å². The van der Waals surface area contributed by atoms with Crippen LogP contribution in [0.3, 0.4) is 0 Å². The van der Waals surface area contributed by atoms with Crippen molar-refractivity contribution < 1.29 is 23.1 Å². The van der Waals surface area contributed by atoms with Gasteiger partial charge in [-0.2, -0.15) is 4.98 Å². The Bertz CT molecular complexity index is 1290. The van der Waals surface area contributed by atoms with Crippen LogP contribution in [0.5, 0.6) is 5.88 Å². The van der Waals surface area contributed by atoms with Crippen LogP contribution in [0.25, 0.3) is 11.0 Å². The number of hydrogen-bond acceptors (Lipinski definition) is 8. The average Bonchev–Trinajstić information content (AvgIpc) is 3.55. The largest absolute Gasteiger partial charge is 0.471 e. The standard InChI is InChI=1S/C40H67N4O5P/c1-3-5-6-7-8-9-10-11-12-13-14-15-16-17-18-22-28-46-29-24-30-49-50(45,48-4-2)31-23-27-41-32-37-33-42-39-38(37)43-35-44-40(39)47-34-36-25-20-19-21-26-36/h19-21,25-26,33,35,41-42H,3-18,22-24,27-32,34H2,1-2H3. The fraction of sp³-hybridized carbons (Fsp3) is 0.700. The first kappa shape index (κ1) is 42.1. The van der Waals surface area contributed by atoms with E-state index in [1.54, 1.807) is 0 Å². The van der Waals surface area contributed by atoms with Crippen molar-refractivity contribution in [3.63, 3.8) is 0 Å². The highest BCUT2D eigenvalue weighted by molar-refractivity contribution is 7.53. The quantitative estimate of drug-likeness (QED) is 0.0474. The SMILES string of the molecule is CCCCCCCCCCCCCCCCCCOCCCOP(=O)(CCCNCc1c[nH]c2c(OCc3ccccc3)ncnc12)OCC. The van der Waals surface area contributed by atoms with Crippen LogP contribution in [0.2, 0.25) is 0 Å². The van der Waals surface area contributed by atoms with Gasteiger partial charge in [0.1, 0.15) is 18.5 Å². The summed E-state index contributed by atoms with van der Waals surface area (Å²) in [6, 6.07) is 10.0. The smallest absolute Gasteiger partial charge is 0.330 e. The molecule has 10 heteroatoms. The van der Waals surface area contributed by atoms with Gasteiger partial charge in [0, 0.05) is 31.5 Å². The van der Waals surface area contributed by atoms with Crippen molar-refractivity contribution in [2.24, 2.45) is 0 Å². The minimum absolute atomic E-state index is 0.365. The number of aromatic nitrogens is 3. The second-order valence-corrected chi connectivity index (χ2v) is 15.6. The predicted octanol–water partition coefficient (Wildman–Crippen LogP) is 10.9. The van der Waals surface area contributed by atoms with E-state index in [0.717, 1.165) is 35.2 Å². The van der Waals surface area contributed by atoms with E-state index in [4.69, 9.17) is 18.5 Å². The third-order valence-corrected chi connectivity index (χ3v) is 11.1. The van der Waals surface area contributed by atoms with Crippen LogP contribution in [-0.4, -0.2) is 54.1 Å².